The third-order valence-corrected chi connectivity index (χ3v) is 0. The monoisotopic (exact) mass is 182 g/mol. The molecule has 0 bridgehead atoms. The molecule has 0 unspecified atom stereocenters. The van der Waals surface area contributed by atoms with Crippen molar-refractivity contribution in [3.05, 3.63) is 14.4 Å². The van der Waals surface area contributed by atoms with Crippen LogP contribution in [0.3, 0.4) is 0 Å². The molecule has 0 aliphatic rings. The summed E-state index contributed by atoms with van der Waals surface area (Å²) < 4.78 is 8.88. The molecule has 0 fully saturated rings. The second kappa shape index (κ2) is 12.1. The predicted molar refractivity (Wildman–Crippen MR) is 37.5 cm³/mol. The van der Waals surface area contributed by atoms with E-state index in [2.05, 4.69) is 6.92 Å². The van der Waals surface area contributed by atoms with Gasteiger partial charge in [0.05, 0.1) is 0 Å². The molecule has 54 valence electrons. The Labute approximate surface area is 85.5 Å². The number of rotatable bonds is 0. The van der Waals surface area contributed by atoms with Crippen molar-refractivity contribution in [3.8, 4) is 0 Å². The first-order valence-electron chi connectivity index (χ1n) is 1.49. The van der Waals surface area contributed by atoms with E-state index in [1.165, 1.54) is 0 Å². The Balaban J connectivity index is -0.0000000286. The predicted octanol–water partition coefficient (Wildman–Crippen LogP) is -0.0187. The summed E-state index contributed by atoms with van der Waals surface area (Å²) in [7, 11) is -4.64. The van der Waals surface area contributed by atoms with Gasteiger partial charge in [0, 0.05) is 0 Å². The van der Waals surface area contributed by atoms with Crippen molar-refractivity contribution in [3.63, 3.8) is 0 Å². The average molecular weight is 182 g/mol. The van der Waals surface area contributed by atoms with Gasteiger partial charge in [0.15, 0.2) is 0 Å². The summed E-state index contributed by atoms with van der Waals surface area (Å²) in [6, 6.07) is 0. The molecule has 4 nitrogen and oxygen atoms in total. The number of phosphoric acid groups is 1. The third kappa shape index (κ3) is 271. The van der Waals surface area contributed by atoms with E-state index in [9.17, 15) is 0 Å². The molecule has 0 spiro atoms. The normalized spacial score (nSPS) is 7.22. The largest absolute Gasteiger partial charge is 2.00 e. The van der Waals surface area contributed by atoms with E-state index in [-0.39, 0.29) is 45.2 Å². The number of hydrogen-bond acceptors (Lipinski definition) is 1. The summed E-state index contributed by atoms with van der Waals surface area (Å²) in [5, 5.41) is 0. The minimum Gasteiger partial charge on any atom is -0.358 e. The van der Waals surface area contributed by atoms with Crippen LogP contribution in [0.25, 0.3) is 0 Å². The van der Waals surface area contributed by atoms with Crippen LogP contribution in [-0.2, 0) is 4.57 Å². The average Bonchev–Trinajstić information content (AvgIpc) is 1.36. The van der Waals surface area contributed by atoms with Crippen LogP contribution < -0.4 is 0 Å². The molecule has 0 amide bonds. The fourth-order valence-corrected chi connectivity index (χ4v) is 0. The zero-order valence-corrected chi connectivity index (χ0v) is 8.71. The van der Waals surface area contributed by atoms with E-state index < -0.39 is 7.82 Å². The second-order valence-electron chi connectivity index (χ2n) is 0.513. The van der Waals surface area contributed by atoms with Crippen LogP contribution in [0.5, 0.6) is 0 Å². The third-order valence-electron chi connectivity index (χ3n) is 0. The second-order valence-corrected chi connectivity index (χ2v) is 1.54. The van der Waals surface area contributed by atoms with Gasteiger partial charge in [-0.3, -0.25) is 0 Å². The smallest absolute Gasteiger partial charge is 0.358 e. The fourth-order valence-electron chi connectivity index (χ4n) is 0. The molecule has 0 rings (SSSR count). The van der Waals surface area contributed by atoms with Crippen LogP contribution in [0.4, 0.5) is 0 Å². The molecule has 0 saturated carbocycles. The molecule has 0 aliphatic heterocycles. The Morgan fingerprint density at radius 2 is 1.22 bits per heavy atom. The van der Waals surface area contributed by atoms with Crippen molar-refractivity contribution >= 4 is 45.6 Å². The van der Waals surface area contributed by atoms with Crippen molar-refractivity contribution in [1.82, 2.24) is 0 Å². The molecule has 6 heteroatoms. The summed E-state index contributed by atoms with van der Waals surface area (Å²) in [4.78, 5) is 21.6. The quantitative estimate of drug-likeness (QED) is 0.279. The van der Waals surface area contributed by atoms with Gasteiger partial charge in [0.2, 0.25) is 0 Å². The maximum atomic E-state index is 8.88. The first-order valence-corrected chi connectivity index (χ1v) is 3.05. The van der Waals surface area contributed by atoms with Gasteiger partial charge in [-0.1, -0.05) is 0 Å². The van der Waals surface area contributed by atoms with Crippen molar-refractivity contribution in [2.45, 2.75) is 6.92 Å². The minimum absolute atomic E-state index is 0. The maximum absolute atomic E-state index is 8.88. The van der Waals surface area contributed by atoms with Crippen molar-refractivity contribution in [2.24, 2.45) is 0 Å². The van der Waals surface area contributed by atoms with Gasteiger partial charge in [-0.2, -0.15) is 6.92 Å². The molecule has 0 heterocycles. The summed E-state index contributed by atoms with van der Waals surface area (Å²) >= 11 is 0. The summed E-state index contributed by atoms with van der Waals surface area (Å²) in [6.07, 6.45) is 0. The Kier molecular flexibility index (Phi) is 30.1. The molecule has 0 atom stereocenters. The summed E-state index contributed by atoms with van der Waals surface area (Å²) in [6.45, 7) is 5.00. The zero-order chi connectivity index (χ0) is 6.50. The standard InChI is InChI=1S/C2H5.CH3.Ca.H3O4P/c1-2;;;1-5(2,3)4/h1H2,2H3;1H3;;(H3,1,2,3,4)/q2*-1;+2;. The van der Waals surface area contributed by atoms with E-state index in [4.69, 9.17) is 19.2 Å². The Morgan fingerprint density at radius 1 is 1.22 bits per heavy atom. The molecule has 0 saturated heterocycles. The molecule has 0 aromatic rings. The Morgan fingerprint density at radius 3 is 1.22 bits per heavy atom. The van der Waals surface area contributed by atoms with Gasteiger partial charge in [-0.15, -0.1) is 0 Å². The first-order chi connectivity index (χ1) is 3.00. The molecule has 0 aromatic carbocycles. The molecule has 3 N–H and O–H groups in total. The molecular weight excluding hydrogens is 171 g/mol. The van der Waals surface area contributed by atoms with Gasteiger partial charge in [0.25, 0.3) is 0 Å². The zero-order valence-electron chi connectivity index (χ0n) is 5.61. The van der Waals surface area contributed by atoms with Crippen LogP contribution in [0.1, 0.15) is 6.92 Å². The van der Waals surface area contributed by atoms with Crippen LogP contribution in [0, 0.1) is 14.4 Å². The van der Waals surface area contributed by atoms with E-state index >= 15 is 0 Å². The van der Waals surface area contributed by atoms with Crippen LogP contribution in [0.2, 0.25) is 0 Å². The number of hydrogen-bond donors (Lipinski definition) is 3. The van der Waals surface area contributed by atoms with Crippen LogP contribution >= 0.6 is 7.82 Å². The van der Waals surface area contributed by atoms with Gasteiger partial charge in [0.1, 0.15) is 0 Å². The van der Waals surface area contributed by atoms with Gasteiger partial charge < -0.3 is 29.0 Å². The minimum atomic E-state index is -4.64. The van der Waals surface area contributed by atoms with E-state index in [1.807, 2.05) is 0 Å². The molecular formula is C3H11CaO4P. The Bertz CT molecular complexity index is 61.9. The molecule has 0 radical (unpaired) electrons. The van der Waals surface area contributed by atoms with Crippen molar-refractivity contribution in [1.29, 1.82) is 0 Å². The fraction of sp³-hybridized carbons (Fsp3) is 0.333. The maximum Gasteiger partial charge on any atom is 2.00 e. The van der Waals surface area contributed by atoms with E-state index in [1.54, 1.807) is 6.92 Å². The summed E-state index contributed by atoms with van der Waals surface area (Å²) in [5.74, 6) is 0. The topological polar surface area (TPSA) is 77.8 Å². The molecule has 0 aliphatic carbocycles. The summed E-state index contributed by atoms with van der Waals surface area (Å²) in [5.41, 5.74) is 0. The van der Waals surface area contributed by atoms with Gasteiger partial charge in [-0.25, -0.2) is 4.57 Å². The Hall–Kier alpha value is 1.37. The SMILES string of the molecule is O=P(O)(O)O.[CH2-]C.[CH3-].[Ca+2]. The van der Waals surface area contributed by atoms with Crippen LogP contribution in [0.15, 0.2) is 0 Å². The van der Waals surface area contributed by atoms with E-state index in [0.717, 1.165) is 0 Å². The van der Waals surface area contributed by atoms with Gasteiger partial charge in [-0.05, 0) is 0 Å². The van der Waals surface area contributed by atoms with E-state index in [0.29, 0.717) is 0 Å². The van der Waals surface area contributed by atoms with Crippen LogP contribution in [-0.4, -0.2) is 52.4 Å². The van der Waals surface area contributed by atoms with Gasteiger partial charge >= 0.3 is 45.6 Å². The van der Waals surface area contributed by atoms with Crippen molar-refractivity contribution < 1.29 is 19.2 Å². The van der Waals surface area contributed by atoms with Crippen molar-refractivity contribution in [2.75, 3.05) is 0 Å². The first kappa shape index (κ1) is 22.4. The molecule has 0 aromatic heterocycles. The molecule has 9 heavy (non-hydrogen) atoms.